The summed E-state index contributed by atoms with van der Waals surface area (Å²) < 4.78 is 0. The van der Waals surface area contributed by atoms with E-state index in [-0.39, 0.29) is 0 Å². The van der Waals surface area contributed by atoms with E-state index in [1.54, 1.807) is 0 Å². The summed E-state index contributed by atoms with van der Waals surface area (Å²) in [5.41, 5.74) is 13.0. The largest absolute Gasteiger partial charge is 0.361 e. The normalized spacial score (nSPS) is 10.3. The van der Waals surface area contributed by atoms with Crippen LogP contribution in [0.5, 0.6) is 0 Å². The van der Waals surface area contributed by atoms with Crippen molar-refractivity contribution < 1.29 is 4.79 Å². The summed E-state index contributed by atoms with van der Waals surface area (Å²) in [5, 5.41) is 0. The highest BCUT2D eigenvalue weighted by atomic mass is 15.0. The monoisotopic (exact) mass is 251 g/mol. The van der Waals surface area contributed by atoms with Gasteiger partial charge in [-0.25, -0.2) is 0 Å². The highest BCUT2D eigenvalue weighted by Gasteiger charge is 2.18. The van der Waals surface area contributed by atoms with Crippen molar-refractivity contribution in [2.75, 3.05) is 14.1 Å². The molecule has 0 aromatic heterocycles. The van der Waals surface area contributed by atoms with E-state index in [1.165, 1.54) is 0 Å². The first-order chi connectivity index (χ1) is 9.22. The minimum atomic E-state index is 0.609. The van der Waals surface area contributed by atoms with Gasteiger partial charge in [0.15, 0.2) is 0 Å². The van der Waals surface area contributed by atoms with Crippen LogP contribution in [0.1, 0.15) is 16.7 Å². The predicted molar refractivity (Wildman–Crippen MR) is 77.1 cm³/mol. The SMILES string of the molecule is CN(C)Cc1ccccc1C(=[N+]=[N-])c1ccccc1. The zero-order valence-electron chi connectivity index (χ0n) is 11.2. The molecule has 0 unspecified atom stereocenters. The molecule has 0 aliphatic carbocycles. The molecule has 2 aromatic rings. The van der Waals surface area contributed by atoms with Crippen LogP contribution in [0.4, 0.5) is 0 Å². The summed E-state index contributed by atoms with van der Waals surface area (Å²) in [7, 11) is 4.05. The molecule has 0 saturated carbocycles. The molecule has 19 heavy (non-hydrogen) atoms. The van der Waals surface area contributed by atoms with Gasteiger partial charge in [0.05, 0.1) is 11.1 Å². The number of nitrogens with zero attached hydrogens (tertiary/aromatic N) is 3. The molecule has 0 fully saturated rings. The van der Waals surface area contributed by atoms with E-state index >= 15 is 0 Å². The Morgan fingerprint density at radius 3 is 2.26 bits per heavy atom. The lowest BCUT2D eigenvalue weighted by atomic mass is 9.97. The van der Waals surface area contributed by atoms with Crippen LogP contribution in [0.25, 0.3) is 5.53 Å². The zero-order chi connectivity index (χ0) is 13.7. The molecular formula is C16H17N3. The topological polar surface area (TPSA) is 39.6 Å². The third-order valence-corrected chi connectivity index (χ3v) is 2.91. The highest BCUT2D eigenvalue weighted by Crippen LogP contribution is 2.15. The molecule has 2 aromatic carbocycles. The molecule has 0 atom stereocenters. The van der Waals surface area contributed by atoms with Crippen LogP contribution in [0.2, 0.25) is 0 Å². The summed E-state index contributed by atoms with van der Waals surface area (Å²) in [5.74, 6) is 0. The number of rotatable bonds is 4. The molecular weight excluding hydrogens is 234 g/mol. The molecule has 0 heterocycles. The molecule has 0 bridgehead atoms. The Morgan fingerprint density at radius 2 is 1.63 bits per heavy atom. The third kappa shape index (κ3) is 3.16. The Kier molecular flexibility index (Phi) is 4.24. The van der Waals surface area contributed by atoms with Crippen LogP contribution in [0.15, 0.2) is 54.6 Å². The van der Waals surface area contributed by atoms with E-state index in [9.17, 15) is 5.53 Å². The molecule has 0 N–H and O–H groups in total. The second kappa shape index (κ2) is 6.10. The van der Waals surface area contributed by atoms with Gasteiger partial charge in [-0.2, -0.15) is 4.79 Å². The van der Waals surface area contributed by atoms with Gasteiger partial charge in [0.1, 0.15) is 0 Å². The van der Waals surface area contributed by atoms with Crippen LogP contribution in [0, 0.1) is 0 Å². The minimum absolute atomic E-state index is 0.609. The first-order valence-corrected chi connectivity index (χ1v) is 6.23. The minimum Gasteiger partial charge on any atom is -0.361 e. The zero-order valence-corrected chi connectivity index (χ0v) is 11.2. The van der Waals surface area contributed by atoms with Crippen LogP contribution in [-0.2, 0) is 6.54 Å². The van der Waals surface area contributed by atoms with Crippen LogP contribution >= 0.6 is 0 Å². The van der Waals surface area contributed by atoms with Crippen LogP contribution in [-0.4, -0.2) is 29.5 Å². The molecule has 0 aliphatic rings. The summed E-state index contributed by atoms with van der Waals surface area (Å²) >= 11 is 0. The average molecular weight is 251 g/mol. The lowest BCUT2D eigenvalue weighted by Gasteiger charge is -2.12. The van der Waals surface area contributed by atoms with Crippen molar-refractivity contribution in [3.8, 4) is 0 Å². The van der Waals surface area contributed by atoms with Crippen molar-refractivity contribution in [3.05, 3.63) is 76.8 Å². The summed E-state index contributed by atoms with van der Waals surface area (Å²) in [6, 6.07) is 17.7. The van der Waals surface area contributed by atoms with E-state index in [1.807, 2.05) is 62.6 Å². The molecule has 0 aliphatic heterocycles. The molecule has 96 valence electrons. The highest BCUT2D eigenvalue weighted by molar-refractivity contribution is 6.10. The number of hydrogen-bond acceptors (Lipinski definition) is 1. The molecule has 3 heteroatoms. The van der Waals surface area contributed by atoms with E-state index in [0.29, 0.717) is 5.71 Å². The first-order valence-electron chi connectivity index (χ1n) is 6.23. The quantitative estimate of drug-likeness (QED) is 0.468. The van der Waals surface area contributed by atoms with Crippen molar-refractivity contribution in [2.45, 2.75) is 6.54 Å². The van der Waals surface area contributed by atoms with E-state index in [4.69, 9.17) is 0 Å². The number of hydrogen-bond donors (Lipinski definition) is 0. The summed E-state index contributed by atoms with van der Waals surface area (Å²) in [6.07, 6.45) is 0. The van der Waals surface area contributed by atoms with Gasteiger partial charge in [0, 0.05) is 6.54 Å². The van der Waals surface area contributed by atoms with Crippen molar-refractivity contribution in [2.24, 2.45) is 0 Å². The number of benzene rings is 2. The van der Waals surface area contributed by atoms with Gasteiger partial charge in [-0.15, -0.1) is 0 Å². The maximum Gasteiger partial charge on any atom is 0.329 e. The Balaban J connectivity index is 2.48. The van der Waals surface area contributed by atoms with E-state index in [2.05, 4.69) is 15.8 Å². The lowest BCUT2D eigenvalue weighted by molar-refractivity contribution is -0.00287. The van der Waals surface area contributed by atoms with Crippen molar-refractivity contribution >= 4 is 5.71 Å². The lowest BCUT2D eigenvalue weighted by Crippen LogP contribution is -2.15. The standard InChI is InChI=1S/C16H17N3/c1-19(2)12-14-10-6-7-11-15(14)16(18-17)13-8-4-3-5-9-13/h3-11H,12H2,1-2H3. The molecule has 0 saturated heterocycles. The van der Waals surface area contributed by atoms with Crippen molar-refractivity contribution in [1.82, 2.24) is 4.90 Å². The average Bonchev–Trinajstić information content (AvgIpc) is 2.42. The maximum atomic E-state index is 9.37. The Bertz CT molecular complexity index is 596. The smallest absolute Gasteiger partial charge is 0.329 e. The second-order valence-electron chi connectivity index (χ2n) is 4.71. The molecule has 0 amide bonds. The molecule has 0 radical (unpaired) electrons. The van der Waals surface area contributed by atoms with Gasteiger partial charge in [0.2, 0.25) is 0 Å². The summed E-state index contributed by atoms with van der Waals surface area (Å²) in [6.45, 7) is 0.808. The van der Waals surface area contributed by atoms with Gasteiger partial charge >= 0.3 is 5.71 Å². The van der Waals surface area contributed by atoms with Gasteiger partial charge in [0.25, 0.3) is 0 Å². The predicted octanol–water partition coefficient (Wildman–Crippen LogP) is 2.82. The fraction of sp³-hybridized carbons (Fsp3) is 0.188. The molecule has 2 rings (SSSR count). The van der Waals surface area contributed by atoms with E-state index < -0.39 is 0 Å². The molecule has 0 spiro atoms. The van der Waals surface area contributed by atoms with Crippen LogP contribution in [0.3, 0.4) is 0 Å². The van der Waals surface area contributed by atoms with Crippen molar-refractivity contribution in [1.29, 1.82) is 0 Å². The second-order valence-corrected chi connectivity index (χ2v) is 4.71. The van der Waals surface area contributed by atoms with Gasteiger partial charge in [-0.3, -0.25) is 0 Å². The fourth-order valence-electron chi connectivity index (χ4n) is 2.09. The fourth-order valence-corrected chi connectivity index (χ4v) is 2.09. The Hall–Kier alpha value is -2.22. The van der Waals surface area contributed by atoms with Gasteiger partial charge in [-0.05, 0) is 37.9 Å². The van der Waals surface area contributed by atoms with Gasteiger partial charge < -0.3 is 10.4 Å². The van der Waals surface area contributed by atoms with Gasteiger partial charge in [-0.1, -0.05) is 36.4 Å². The summed E-state index contributed by atoms with van der Waals surface area (Å²) in [4.78, 5) is 5.59. The van der Waals surface area contributed by atoms with E-state index in [0.717, 1.165) is 23.2 Å². The van der Waals surface area contributed by atoms with Crippen molar-refractivity contribution in [3.63, 3.8) is 0 Å². The maximum absolute atomic E-state index is 9.37. The van der Waals surface area contributed by atoms with Crippen LogP contribution < -0.4 is 0 Å². The Labute approximate surface area is 113 Å². The first kappa shape index (κ1) is 13.2. The molecule has 3 nitrogen and oxygen atoms in total. The Morgan fingerprint density at radius 1 is 1.00 bits per heavy atom. The third-order valence-electron chi connectivity index (χ3n) is 2.91.